The average Bonchev–Trinajstić information content (AvgIpc) is 3.17. The van der Waals surface area contributed by atoms with Gasteiger partial charge >= 0.3 is 6.03 Å². The van der Waals surface area contributed by atoms with E-state index in [1.165, 1.54) is 4.90 Å². The van der Waals surface area contributed by atoms with Crippen LogP contribution in [-0.4, -0.2) is 53.8 Å². The van der Waals surface area contributed by atoms with E-state index < -0.39 is 12.1 Å². The van der Waals surface area contributed by atoms with Crippen LogP contribution in [-0.2, 0) is 9.59 Å². The predicted molar refractivity (Wildman–Crippen MR) is 137 cm³/mol. The van der Waals surface area contributed by atoms with Gasteiger partial charge in [0.25, 0.3) is 5.91 Å². The van der Waals surface area contributed by atoms with Crippen molar-refractivity contribution in [2.24, 2.45) is 11.8 Å². The summed E-state index contributed by atoms with van der Waals surface area (Å²) in [4.78, 5) is 42.9. The van der Waals surface area contributed by atoms with Crippen molar-refractivity contribution >= 4 is 17.8 Å². The van der Waals surface area contributed by atoms with E-state index in [2.05, 4.69) is 10.6 Å². The molecule has 0 aromatic heterocycles. The van der Waals surface area contributed by atoms with Crippen LogP contribution >= 0.6 is 0 Å². The fourth-order valence-corrected chi connectivity index (χ4v) is 4.66. The lowest BCUT2D eigenvalue weighted by molar-refractivity contribution is -0.138. The molecule has 2 heterocycles. The molecule has 2 aliphatic rings. The topological polar surface area (TPSA) is 91.0 Å². The van der Waals surface area contributed by atoms with Gasteiger partial charge < -0.3 is 20.3 Å². The molecule has 2 atom stereocenters. The Hall–Kier alpha value is -3.81. The number of hydrogen-bond donors (Lipinski definition) is 2. The van der Waals surface area contributed by atoms with Crippen molar-refractivity contribution in [2.75, 3.05) is 20.1 Å². The van der Waals surface area contributed by atoms with Gasteiger partial charge in [-0.3, -0.25) is 14.5 Å². The van der Waals surface area contributed by atoms with E-state index >= 15 is 0 Å². The molecule has 4 amide bonds. The molecule has 0 aliphatic carbocycles. The number of para-hydroxylation sites is 1. The van der Waals surface area contributed by atoms with Crippen molar-refractivity contribution in [3.63, 3.8) is 0 Å². The summed E-state index contributed by atoms with van der Waals surface area (Å²) in [5.74, 6) is 1.07. The van der Waals surface area contributed by atoms with E-state index in [1.807, 2.05) is 82.3 Å². The summed E-state index contributed by atoms with van der Waals surface area (Å²) in [5.41, 5.74) is 1.83. The second-order valence-electron chi connectivity index (χ2n) is 10.1. The molecule has 190 valence electrons. The first-order valence-corrected chi connectivity index (χ1v) is 12.4. The van der Waals surface area contributed by atoms with Gasteiger partial charge in [0.1, 0.15) is 17.5 Å². The number of ether oxygens (including phenoxy) is 1. The highest BCUT2D eigenvalue weighted by Crippen LogP contribution is 2.38. The Balaban J connectivity index is 1.64. The minimum atomic E-state index is -0.646. The maximum Gasteiger partial charge on any atom is 0.322 e. The summed E-state index contributed by atoms with van der Waals surface area (Å²) in [6.45, 7) is 8.65. The molecular formula is C28H34N4O4. The predicted octanol–water partition coefficient (Wildman–Crippen LogP) is 4.07. The van der Waals surface area contributed by atoms with Gasteiger partial charge in [-0.15, -0.1) is 0 Å². The molecular weight excluding hydrogens is 456 g/mol. The quantitative estimate of drug-likeness (QED) is 0.584. The molecule has 2 aliphatic heterocycles. The van der Waals surface area contributed by atoms with Crippen molar-refractivity contribution in [1.82, 2.24) is 20.4 Å². The smallest absolute Gasteiger partial charge is 0.322 e. The fourth-order valence-electron chi connectivity index (χ4n) is 4.66. The number of urea groups is 1. The van der Waals surface area contributed by atoms with Crippen molar-refractivity contribution < 1.29 is 19.1 Å². The highest BCUT2D eigenvalue weighted by Gasteiger charge is 2.47. The number of nitrogens with zero attached hydrogens (tertiary/aromatic N) is 2. The van der Waals surface area contributed by atoms with Crippen LogP contribution in [0, 0.1) is 11.8 Å². The van der Waals surface area contributed by atoms with E-state index in [4.69, 9.17) is 4.74 Å². The Bertz CT molecular complexity index is 1180. The van der Waals surface area contributed by atoms with Gasteiger partial charge in [0.2, 0.25) is 5.91 Å². The van der Waals surface area contributed by atoms with Gasteiger partial charge in [-0.2, -0.15) is 0 Å². The maximum absolute atomic E-state index is 13.8. The second kappa shape index (κ2) is 10.4. The van der Waals surface area contributed by atoms with Crippen LogP contribution in [0.4, 0.5) is 4.79 Å². The third-order valence-corrected chi connectivity index (χ3v) is 6.48. The first-order valence-electron chi connectivity index (χ1n) is 12.4. The zero-order valence-electron chi connectivity index (χ0n) is 21.4. The number of carbonyl (C=O) groups is 3. The van der Waals surface area contributed by atoms with Gasteiger partial charge in [-0.1, -0.05) is 58.0 Å². The van der Waals surface area contributed by atoms with E-state index in [1.54, 1.807) is 11.9 Å². The van der Waals surface area contributed by atoms with Crippen molar-refractivity contribution in [1.29, 1.82) is 0 Å². The SMILES string of the molecule is CC(C)CNC(=O)C(C(C)C)N1CC2=C(C1=O)C(c1cccc(Oc3ccccc3)c1)NC(=O)N2C. The molecule has 2 aromatic carbocycles. The Morgan fingerprint density at radius 1 is 1.06 bits per heavy atom. The van der Waals surface area contributed by atoms with Gasteiger partial charge in [0.15, 0.2) is 0 Å². The Morgan fingerprint density at radius 3 is 2.42 bits per heavy atom. The molecule has 0 fully saturated rings. The summed E-state index contributed by atoms with van der Waals surface area (Å²) in [6, 6.07) is 15.2. The zero-order valence-corrected chi connectivity index (χ0v) is 21.4. The number of hydrogen-bond acceptors (Lipinski definition) is 4. The number of nitrogens with one attached hydrogen (secondary N) is 2. The Labute approximate surface area is 212 Å². The van der Waals surface area contributed by atoms with Crippen molar-refractivity contribution in [3.8, 4) is 11.5 Å². The van der Waals surface area contributed by atoms with Crippen LogP contribution in [0.2, 0.25) is 0 Å². The van der Waals surface area contributed by atoms with Crippen LogP contribution in [0.3, 0.4) is 0 Å². The molecule has 2 aromatic rings. The van der Waals surface area contributed by atoms with E-state index in [0.717, 1.165) is 5.56 Å². The van der Waals surface area contributed by atoms with Crippen molar-refractivity contribution in [3.05, 3.63) is 71.4 Å². The zero-order chi connectivity index (χ0) is 26.0. The molecule has 2 N–H and O–H groups in total. The molecule has 8 heteroatoms. The minimum Gasteiger partial charge on any atom is -0.457 e. The lowest BCUT2D eigenvalue weighted by atomic mass is 9.95. The summed E-state index contributed by atoms with van der Waals surface area (Å²) < 4.78 is 5.98. The molecule has 0 saturated carbocycles. The molecule has 0 spiro atoms. The summed E-state index contributed by atoms with van der Waals surface area (Å²) in [7, 11) is 1.65. The first kappa shape index (κ1) is 25.3. The number of carbonyl (C=O) groups excluding carboxylic acids is 3. The number of amides is 4. The average molecular weight is 491 g/mol. The lowest BCUT2D eigenvalue weighted by Crippen LogP contribution is -2.52. The largest absolute Gasteiger partial charge is 0.457 e. The van der Waals surface area contributed by atoms with Crippen LogP contribution in [0.5, 0.6) is 11.5 Å². The standard InChI is InChI=1S/C28H34N4O4/c1-17(2)15-29-26(33)25(18(3)4)32-16-22-23(27(32)34)24(30-28(35)31(22)5)19-10-9-13-21(14-19)36-20-11-7-6-8-12-20/h6-14,17-18,24-25H,15-16H2,1-5H3,(H,29,33)(H,30,35). The lowest BCUT2D eigenvalue weighted by Gasteiger charge is -2.31. The molecule has 0 bridgehead atoms. The van der Waals surface area contributed by atoms with Crippen molar-refractivity contribution in [2.45, 2.75) is 39.8 Å². The fraction of sp³-hybridized carbons (Fsp3) is 0.393. The molecule has 8 nitrogen and oxygen atoms in total. The maximum atomic E-state index is 13.8. The van der Waals surface area contributed by atoms with Crippen LogP contribution in [0.25, 0.3) is 0 Å². The number of rotatable bonds is 8. The normalized spacial score (nSPS) is 18.5. The third-order valence-electron chi connectivity index (χ3n) is 6.48. The molecule has 2 unspecified atom stereocenters. The monoisotopic (exact) mass is 490 g/mol. The first-order chi connectivity index (χ1) is 17.2. The van der Waals surface area contributed by atoms with E-state index in [0.29, 0.717) is 35.2 Å². The number of likely N-dealkylation sites (N-methyl/N-ethyl adjacent to an activating group) is 1. The highest BCUT2D eigenvalue weighted by atomic mass is 16.5. The molecule has 36 heavy (non-hydrogen) atoms. The second-order valence-corrected chi connectivity index (χ2v) is 10.1. The van der Waals surface area contributed by atoms with Gasteiger partial charge in [0.05, 0.1) is 23.9 Å². The van der Waals surface area contributed by atoms with Crippen LogP contribution in [0.1, 0.15) is 39.3 Å². The summed E-state index contributed by atoms with van der Waals surface area (Å²) in [6.07, 6.45) is 0. The Kier molecular flexibility index (Phi) is 7.33. The third kappa shape index (κ3) is 5.08. The minimum absolute atomic E-state index is 0.0996. The summed E-state index contributed by atoms with van der Waals surface area (Å²) in [5, 5.41) is 5.93. The Morgan fingerprint density at radius 2 is 1.75 bits per heavy atom. The highest BCUT2D eigenvalue weighted by molar-refractivity contribution is 6.03. The van der Waals surface area contributed by atoms with Gasteiger partial charge in [-0.05, 0) is 41.7 Å². The van der Waals surface area contributed by atoms with E-state index in [9.17, 15) is 14.4 Å². The molecule has 4 rings (SSSR count). The van der Waals surface area contributed by atoms with Crippen LogP contribution in [0.15, 0.2) is 65.9 Å². The summed E-state index contributed by atoms with van der Waals surface area (Å²) >= 11 is 0. The van der Waals surface area contributed by atoms with Gasteiger partial charge in [-0.25, -0.2) is 4.79 Å². The molecule has 0 radical (unpaired) electrons. The van der Waals surface area contributed by atoms with E-state index in [-0.39, 0.29) is 30.3 Å². The molecule has 0 saturated heterocycles. The van der Waals surface area contributed by atoms with Gasteiger partial charge in [0, 0.05) is 13.6 Å². The van der Waals surface area contributed by atoms with Crippen LogP contribution < -0.4 is 15.4 Å². The number of benzene rings is 2.